The van der Waals surface area contributed by atoms with Crippen LogP contribution < -0.4 is 11.2 Å². The summed E-state index contributed by atoms with van der Waals surface area (Å²) in [7, 11) is 0. The third kappa shape index (κ3) is 4.53. The molecule has 0 bridgehead atoms. The number of allylic oxidation sites excluding steroid dienone is 1. The molecule has 7 heteroatoms. The van der Waals surface area contributed by atoms with Gasteiger partial charge in [-0.2, -0.15) is 5.26 Å². The maximum atomic E-state index is 13.4. The molecule has 0 saturated carbocycles. The molecule has 0 spiro atoms. The Bertz CT molecular complexity index is 1070. The second-order valence-corrected chi connectivity index (χ2v) is 6.65. The number of aryl methyl sites for hydroxylation is 1. The molecular weight excluding hydrogens is 358 g/mol. The van der Waals surface area contributed by atoms with E-state index in [1.54, 1.807) is 39.0 Å². The zero-order chi connectivity index (χ0) is 20.8. The van der Waals surface area contributed by atoms with Gasteiger partial charge in [0.15, 0.2) is 0 Å². The molecule has 0 aliphatic carbocycles. The normalized spacial score (nSPS) is 11.1. The summed E-state index contributed by atoms with van der Waals surface area (Å²) in [5.41, 5.74) is 0.821. The highest BCUT2D eigenvalue weighted by atomic mass is 16.5. The van der Waals surface area contributed by atoms with E-state index in [1.165, 1.54) is 6.08 Å². The van der Waals surface area contributed by atoms with Crippen molar-refractivity contribution < 1.29 is 9.53 Å². The smallest absolute Gasteiger partial charge is 0.330 e. The van der Waals surface area contributed by atoms with E-state index in [2.05, 4.69) is 4.98 Å². The maximum Gasteiger partial charge on any atom is 0.330 e. The monoisotopic (exact) mass is 381 g/mol. The Hall–Kier alpha value is -3.24. The van der Waals surface area contributed by atoms with E-state index in [9.17, 15) is 14.4 Å². The number of nitrogens with zero attached hydrogens (tertiary/aromatic N) is 2. The number of rotatable bonds is 7. The molecular formula is C21H23N3O4. The predicted octanol–water partition coefficient (Wildman–Crippen LogP) is 2.73. The van der Waals surface area contributed by atoms with E-state index >= 15 is 0 Å². The van der Waals surface area contributed by atoms with E-state index in [-0.39, 0.29) is 23.9 Å². The van der Waals surface area contributed by atoms with Gasteiger partial charge in [-0.1, -0.05) is 19.9 Å². The quantitative estimate of drug-likeness (QED) is 0.586. The molecule has 1 N–H and O–H groups in total. The van der Waals surface area contributed by atoms with E-state index in [0.717, 1.165) is 10.1 Å². The summed E-state index contributed by atoms with van der Waals surface area (Å²) in [4.78, 5) is 40.5. The van der Waals surface area contributed by atoms with Crippen LogP contribution in [0.5, 0.6) is 0 Å². The second-order valence-electron chi connectivity index (χ2n) is 6.65. The van der Waals surface area contributed by atoms with Gasteiger partial charge in [0.2, 0.25) is 5.78 Å². The summed E-state index contributed by atoms with van der Waals surface area (Å²) in [6, 6.07) is 7.06. The first-order chi connectivity index (χ1) is 13.3. The molecule has 0 amide bonds. The molecule has 0 radical (unpaired) electrons. The van der Waals surface area contributed by atoms with Crippen molar-refractivity contribution in [3.8, 4) is 6.07 Å². The zero-order valence-corrected chi connectivity index (χ0v) is 16.4. The van der Waals surface area contributed by atoms with E-state index in [0.29, 0.717) is 17.7 Å². The van der Waals surface area contributed by atoms with Crippen molar-refractivity contribution in [2.45, 2.75) is 40.3 Å². The third-order valence-corrected chi connectivity index (χ3v) is 4.16. The highest BCUT2D eigenvalue weighted by molar-refractivity contribution is 6.09. The number of aromatic amines is 1. The van der Waals surface area contributed by atoms with Gasteiger partial charge in [-0.15, -0.1) is 0 Å². The molecule has 1 aromatic heterocycles. The minimum Gasteiger partial charge on any atom is -0.361 e. The summed E-state index contributed by atoms with van der Waals surface area (Å²) in [6.45, 7) is 7.39. The van der Waals surface area contributed by atoms with Gasteiger partial charge in [0.1, 0.15) is 12.4 Å². The summed E-state index contributed by atoms with van der Waals surface area (Å²) >= 11 is 0. The van der Waals surface area contributed by atoms with E-state index < -0.39 is 17.0 Å². The Morgan fingerprint density at radius 2 is 2.04 bits per heavy atom. The van der Waals surface area contributed by atoms with Crippen LogP contribution in [0, 0.1) is 18.3 Å². The van der Waals surface area contributed by atoms with Crippen molar-refractivity contribution in [1.82, 2.24) is 9.55 Å². The van der Waals surface area contributed by atoms with Gasteiger partial charge < -0.3 is 4.74 Å². The largest absolute Gasteiger partial charge is 0.361 e. The van der Waals surface area contributed by atoms with Gasteiger partial charge in [-0.3, -0.25) is 19.1 Å². The molecule has 146 valence electrons. The summed E-state index contributed by atoms with van der Waals surface area (Å²) in [5, 5.41) is 8.74. The van der Waals surface area contributed by atoms with Crippen molar-refractivity contribution in [1.29, 1.82) is 5.26 Å². The van der Waals surface area contributed by atoms with E-state index in [1.807, 2.05) is 19.1 Å². The average molecular weight is 381 g/mol. The van der Waals surface area contributed by atoms with Crippen molar-refractivity contribution in [2.75, 3.05) is 6.61 Å². The van der Waals surface area contributed by atoms with Crippen LogP contribution in [0.25, 0.3) is 6.08 Å². The first-order valence-corrected chi connectivity index (χ1v) is 8.97. The number of benzene rings is 1. The minimum absolute atomic E-state index is 0.0259. The first kappa shape index (κ1) is 21.1. The molecule has 0 atom stereocenters. The van der Waals surface area contributed by atoms with Crippen LogP contribution in [-0.2, 0) is 11.5 Å². The fraction of sp³-hybridized carbons (Fsp3) is 0.333. The molecule has 1 aromatic carbocycles. The minimum atomic E-state index is -0.691. The van der Waals surface area contributed by atoms with E-state index in [4.69, 9.17) is 10.00 Å². The number of carbonyl (C=O) groups is 1. The van der Waals surface area contributed by atoms with Crippen LogP contribution in [-0.4, -0.2) is 21.9 Å². The van der Waals surface area contributed by atoms with Crippen LogP contribution in [0.3, 0.4) is 0 Å². The molecule has 0 aliphatic heterocycles. The Labute approximate surface area is 162 Å². The number of ether oxygens (including phenoxy) is 1. The second kappa shape index (κ2) is 9.11. The molecule has 7 nitrogen and oxygen atoms in total. The van der Waals surface area contributed by atoms with Crippen molar-refractivity contribution >= 4 is 11.9 Å². The SMILES string of the molecule is CCOCn1c(C(=O)c2cc(C)cc(C=CC#N)c2)c(C(C)C)c(=O)[nH]c1=O. The van der Waals surface area contributed by atoms with Gasteiger partial charge in [0.05, 0.1) is 6.07 Å². The van der Waals surface area contributed by atoms with Gasteiger partial charge in [-0.05, 0) is 49.1 Å². The molecule has 0 aliphatic rings. The van der Waals surface area contributed by atoms with Crippen molar-refractivity contribution in [3.63, 3.8) is 0 Å². The van der Waals surface area contributed by atoms with Crippen LogP contribution >= 0.6 is 0 Å². The third-order valence-electron chi connectivity index (χ3n) is 4.16. The molecule has 2 aromatic rings. The Balaban J connectivity index is 2.75. The summed E-state index contributed by atoms with van der Waals surface area (Å²) in [6.07, 6.45) is 2.92. The predicted molar refractivity (Wildman–Crippen MR) is 106 cm³/mol. The number of hydrogen-bond acceptors (Lipinski definition) is 5. The summed E-state index contributed by atoms with van der Waals surface area (Å²) < 4.78 is 6.51. The zero-order valence-electron chi connectivity index (χ0n) is 16.4. The number of aromatic nitrogens is 2. The summed E-state index contributed by atoms with van der Waals surface area (Å²) in [5.74, 6) is -0.721. The molecule has 28 heavy (non-hydrogen) atoms. The van der Waals surface area contributed by atoms with Crippen LogP contribution in [0.4, 0.5) is 0 Å². The van der Waals surface area contributed by atoms with Crippen LogP contribution in [0.1, 0.15) is 59.4 Å². The molecule has 1 heterocycles. The fourth-order valence-electron chi connectivity index (χ4n) is 2.98. The molecule has 2 rings (SSSR count). The lowest BCUT2D eigenvalue weighted by Crippen LogP contribution is -2.38. The lowest BCUT2D eigenvalue weighted by Gasteiger charge is -2.17. The van der Waals surface area contributed by atoms with Gasteiger partial charge >= 0.3 is 5.69 Å². The Morgan fingerprint density at radius 3 is 2.64 bits per heavy atom. The topological polar surface area (TPSA) is 105 Å². The number of H-pyrrole nitrogens is 1. The fourth-order valence-corrected chi connectivity index (χ4v) is 2.98. The van der Waals surface area contributed by atoms with Crippen LogP contribution in [0.2, 0.25) is 0 Å². The standard InChI is InChI=1S/C21H23N3O4/c1-5-28-12-24-18(17(13(2)3)20(26)23-21(24)27)19(25)16-10-14(4)9-15(11-16)7-6-8-22/h6-7,9-11,13H,5,12H2,1-4H3,(H,23,26,27). The molecule has 0 saturated heterocycles. The van der Waals surface area contributed by atoms with Crippen molar-refractivity contribution in [2.24, 2.45) is 0 Å². The first-order valence-electron chi connectivity index (χ1n) is 8.97. The Morgan fingerprint density at radius 1 is 1.32 bits per heavy atom. The lowest BCUT2D eigenvalue weighted by atomic mass is 9.95. The highest BCUT2D eigenvalue weighted by Crippen LogP contribution is 2.20. The average Bonchev–Trinajstić information content (AvgIpc) is 2.63. The lowest BCUT2D eigenvalue weighted by molar-refractivity contribution is 0.0783. The van der Waals surface area contributed by atoms with Crippen molar-refractivity contribution in [3.05, 3.63) is 73.1 Å². The number of carbonyl (C=O) groups excluding carboxylic acids is 1. The number of nitriles is 1. The molecule has 0 unspecified atom stereocenters. The Kier molecular flexibility index (Phi) is 6.85. The highest BCUT2D eigenvalue weighted by Gasteiger charge is 2.24. The number of nitrogens with one attached hydrogen (secondary N) is 1. The number of ketones is 1. The molecule has 0 fully saturated rings. The van der Waals surface area contributed by atoms with Crippen LogP contribution in [0.15, 0.2) is 33.9 Å². The van der Waals surface area contributed by atoms with Gasteiger partial charge in [0, 0.05) is 23.8 Å². The van der Waals surface area contributed by atoms with Gasteiger partial charge in [-0.25, -0.2) is 4.79 Å². The maximum absolute atomic E-state index is 13.4. The number of hydrogen-bond donors (Lipinski definition) is 1. The van der Waals surface area contributed by atoms with Gasteiger partial charge in [0.25, 0.3) is 5.56 Å².